The van der Waals surface area contributed by atoms with Crippen molar-refractivity contribution in [2.24, 2.45) is 5.92 Å². The summed E-state index contributed by atoms with van der Waals surface area (Å²) in [5.74, 6) is 1.93. The van der Waals surface area contributed by atoms with Gasteiger partial charge in [0.1, 0.15) is 0 Å². The Morgan fingerprint density at radius 2 is 1.89 bits per heavy atom. The Morgan fingerprint density at radius 1 is 1.22 bits per heavy atom. The molecule has 0 spiro atoms. The van der Waals surface area contributed by atoms with E-state index in [1.165, 1.54) is 0 Å². The normalized spacial score (nSPS) is 14.7. The zero-order chi connectivity index (χ0) is 13.4. The highest BCUT2D eigenvalue weighted by atomic mass is 32.2. The van der Waals surface area contributed by atoms with Crippen LogP contribution in [0.1, 0.15) is 32.8 Å². The SMILES string of the molecule is CCCNC(CS(=O)Cc1ccccc1)C(C)C. The van der Waals surface area contributed by atoms with Crippen LogP contribution in [-0.4, -0.2) is 22.5 Å². The molecule has 0 heterocycles. The average molecular weight is 267 g/mol. The zero-order valence-electron chi connectivity index (χ0n) is 11.7. The topological polar surface area (TPSA) is 29.1 Å². The second-order valence-electron chi connectivity index (χ2n) is 5.04. The van der Waals surface area contributed by atoms with E-state index in [4.69, 9.17) is 0 Å². The maximum Gasteiger partial charge on any atom is 0.0486 e. The molecule has 0 aliphatic rings. The van der Waals surface area contributed by atoms with E-state index in [0.717, 1.165) is 24.3 Å². The van der Waals surface area contributed by atoms with Gasteiger partial charge in [0.15, 0.2) is 0 Å². The molecule has 0 aliphatic carbocycles. The van der Waals surface area contributed by atoms with Crippen molar-refractivity contribution in [2.45, 2.75) is 39.0 Å². The Hall–Kier alpha value is -0.670. The third-order valence-corrected chi connectivity index (χ3v) is 4.38. The first-order chi connectivity index (χ1) is 8.63. The van der Waals surface area contributed by atoms with Gasteiger partial charge in [-0.2, -0.15) is 0 Å². The quantitative estimate of drug-likeness (QED) is 0.784. The number of hydrogen-bond donors (Lipinski definition) is 1. The van der Waals surface area contributed by atoms with E-state index in [1.54, 1.807) is 0 Å². The molecule has 2 atom stereocenters. The lowest BCUT2D eigenvalue weighted by Gasteiger charge is -2.21. The molecule has 1 rings (SSSR count). The zero-order valence-corrected chi connectivity index (χ0v) is 12.5. The van der Waals surface area contributed by atoms with Gasteiger partial charge in [-0.25, -0.2) is 0 Å². The molecule has 1 N–H and O–H groups in total. The van der Waals surface area contributed by atoms with Crippen LogP contribution in [-0.2, 0) is 16.6 Å². The molecule has 1 aromatic carbocycles. The van der Waals surface area contributed by atoms with Crippen molar-refractivity contribution in [3.05, 3.63) is 35.9 Å². The molecule has 0 saturated carbocycles. The minimum atomic E-state index is -0.788. The molecule has 2 unspecified atom stereocenters. The molecule has 102 valence electrons. The molecular formula is C15H25NOS. The van der Waals surface area contributed by atoms with Gasteiger partial charge in [0.25, 0.3) is 0 Å². The Kier molecular flexibility index (Phi) is 7.21. The van der Waals surface area contributed by atoms with Gasteiger partial charge in [0, 0.05) is 28.3 Å². The fourth-order valence-electron chi connectivity index (χ4n) is 1.84. The van der Waals surface area contributed by atoms with Gasteiger partial charge in [-0.05, 0) is 24.4 Å². The summed E-state index contributed by atoms with van der Waals surface area (Å²) < 4.78 is 12.2. The minimum Gasteiger partial charge on any atom is -0.313 e. The predicted octanol–water partition coefficient (Wildman–Crippen LogP) is 2.96. The highest BCUT2D eigenvalue weighted by molar-refractivity contribution is 7.84. The molecule has 1 aromatic rings. The van der Waals surface area contributed by atoms with Gasteiger partial charge >= 0.3 is 0 Å². The van der Waals surface area contributed by atoms with Crippen molar-refractivity contribution >= 4 is 10.8 Å². The molecule has 2 nitrogen and oxygen atoms in total. The maximum atomic E-state index is 12.2. The smallest absolute Gasteiger partial charge is 0.0486 e. The number of nitrogens with one attached hydrogen (secondary N) is 1. The van der Waals surface area contributed by atoms with E-state index in [2.05, 4.69) is 26.1 Å². The standard InChI is InChI=1S/C15H25NOS/c1-4-10-16-15(13(2)3)12-18(17)11-14-8-6-5-7-9-14/h5-9,13,15-16H,4,10-12H2,1-3H3. The van der Waals surface area contributed by atoms with E-state index >= 15 is 0 Å². The summed E-state index contributed by atoms with van der Waals surface area (Å²) in [6, 6.07) is 10.4. The molecule has 0 amide bonds. The van der Waals surface area contributed by atoms with E-state index in [0.29, 0.717) is 17.7 Å². The lowest BCUT2D eigenvalue weighted by atomic mass is 10.1. The number of hydrogen-bond acceptors (Lipinski definition) is 2. The van der Waals surface area contributed by atoms with Crippen molar-refractivity contribution in [2.75, 3.05) is 12.3 Å². The molecular weight excluding hydrogens is 242 g/mol. The van der Waals surface area contributed by atoms with Gasteiger partial charge in [-0.15, -0.1) is 0 Å². The summed E-state index contributed by atoms with van der Waals surface area (Å²) >= 11 is 0. The Morgan fingerprint density at radius 3 is 2.44 bits per heavy atom. The second-order valence-corrected chi connectivity index (χ2v) is 6.54. The van der Waals surface area contributed by atoms with E-state index < -0.39 is 10.8 Å². The molecule has 0 aromatic heterocycles. The summed E-state index contributed by atoms with van der Waals surface area (Å²) in [5, 5.41) is 3.49. The molecule has 18 heavy (non-hydrogen) atoms. The molecule has 0 bridgehead atoms. The van der Waals surface area contributed by atoms with Gasteiger partial charge in [-0.3, -0.25) is 4.21 Å². The van der Waals surface area contributed by atoms with Gasteiger partial charge < -0.3 is 5.32 Å². The average Bonchev–Trinajstić information content (AvgIpc) is 2.35. The van der Waals surface area contributed by atoms with Crippen LogP contribution in [0, 0.1) is 5.92 Å². The first-order valence-electron chi connectivity index (χ1n) is 6.75. The fourth-order valence-corrected chi connectivity index (χ4v) is 3.42. The van der Waals surface area contributed by atoms with Crippen LogP contribution in [0.2, 0.25) is 0 Å². The summed E-state index contributed by atoms with van der Waals surface area (Å²) in [6.45, 7) is 7.54. The van der Waals surface area contributed by atoms with Crippen LogP contribution in [0.4, 0.5) is 0 Å². The molecule has 0 saturated heterocycles. The Labute approximate surface area is 114 Å². The molecule has 0 radical (unpaired) electrons. The predicted molar refractivity (Wildman–Crippen MR) is 80.1 cm³/mol. The number of rotatable bonds is 8. The summed E-state index contributed by atoms with van der Waals surface area (Å²) in [6.07, 6.45) is 1.12. The second kappa shape index (κ2) is 8.44. The summed E-state index contributed by atoms with van der Waals surface area (Å²) in [7, 11) is -0.788. The van der Waals surface area contributed by atoms with Gasteiger partial charge in [0.05, 0.1) is 0 Å². The molecule has 0 fully saturated rings. The van der Waals surface area contributed by atoms with E-state index in [9.17, 15) is 4.21 Å². The highest BCUT2D eigenvalue weighted by Gasteiger charge is 2.15. The summed E-state index contributed by atoms with van der Waals surface area (Å²) in [5.41, 5.74) is 1.16. The summed E-state index contributed by atoms with van der Waals surface area (Å²) in [4.78, 5) is 0. The van der Waals surface area contributed by atoms with Crippen LogP contribution in [0.3, 0.4) is 0 Å². The first-order valence-corrected chi connectivity index (χ1v) is 8.24. The lowest BCUT2D eigenvalue weighted by molar-refractivity contribution is 0.431. The Bertz CT molecular complexity index is 351. The molecule has 0 aliphatic heterocycles. The third-order valence-electron chi connectivity index (χ3n) is 3.00. The van der Waals surface area contributed by atoms with E-state index in [-0.39, 0.29) is 0 Å². The van der Waals surface area contributed by atoms with Crippen LogP contribution in [0.5, 0.6) is 0 Å². The minimum absolute atomic E-state index is 0.356. The van der Waals surface area contributed by atoms with E-state index in [1.807, 2.05) is 30.3 Å². The number of benzene rings is 1. The van der Waals surface area contributed by atoms with Crippen LogP contribution in [0.25, 0.3) is 0 Å². The maximum absolute atomic E-state index is 12.2. The van der Waals surface area contributed by atoms with Crippen molar-refractivity contribution in [3.63, 3.8) is 0 Å². The van der Waals surface area contributed by atoms with Crippen LogP contribution in [0.15, 0.2) is 30.3 Å². The van der Waals surface area contributed by atoms with Crippen molar-refractivity contribution < 1.29 is 4.21 Å². The third kappa shape index (κ3) is 5.78. The fraction of sp³-hybridized carbons (Fsp3) is 0.600. The first kappa shape index (κ1) is 15.4. The van der Waals surface area contributed by atoms with Crippen LogP contribution >= 0.6 is 0 Å². The van der Waals surface area contributed by atoms with Crippen molar-refractivity contribution in [1.29, 1.82) is 0 Å². The monoisotopic (exact) mass is 267 g/mol. The largest absolute Gasteiger partial charge is 0.313 e. The van der Waals surface area contributed by atoms with Crippen molar-refractivity contribution in [1.82, 2.24) is 5.32 Å². The Balaban J connectivity index is 2.46. The molecule has 3 heteroatoms. The van der Waals surface area contributed by atoms with Gasteiger partial charge in [-0.1, -0.05) is 51.1 Å². The van der Waals surface area contributed by atoms with Crippen molar-refractivity contribution in [3.8, 4) is 0 Å². The lowest BCUT2D eigenvalue weighted by Crippen LogP contribution is -2.39. The van der Waals surface area contributed by atoms with Crippen LogP contribution < -0.4 is 5.32 Å². The van der Waals surface area contributed by atoms with Gasteiger partial charge in [0.2, 0.25) is 0 Å². The highest BCUT2D eigenvalue weighted by Crippen LogP contribution is 2.08.